The monoisotopic (exact) mass is 245 g/mol. The van der Waals surface area contributed by atoms with E-state index in [1.54, 1.807) is 0 Å². The molecule has 0 aromatic rings. The lowest BCUT2D eigenvalue weighted by atomic mass is 10.2. The van der Waals surface area contributed by atoms with Gasteiger partial charge in [-0.05, 0) is 34.1 Å². The number of nitrogens with zero attached hydrogens (tertiary/aromatic N) is 2. The van der Waals surface area contributed by atoms with Crippen LogP contribution in [0.4, 0.5) is 0 Å². The van der Waals surface area contributed by atoms with Crippen molar-refractivity contribution in [3.05, 3.63) is 0 Å². The van der Waals surface area contributed by atoms with Crippen molar-refractivity contribution in [3.8, 4) is 0 Å². The van der Waals surface area contributed by atoms with Crippen molar-refractivity contribution >= 4 is 7.59 Å². The van der Waals surface area contributed by atoms with E-state index in [9.17, 15) is 4.57 Å². The van der Waals surface area contributed by atoms with E-state index in [1.165, 1.54) is 0 Å². The summed E-state index contributed by atoms with van der Waals surface area (Å²) in [6, 6.07) is 0. The van der Waals surface area contributed by atoms with Crippen LogP contribution >= 0.6 is 7.59 Å². The molecule has 16 heavy (non-hydrogen) atoms. The van der Waals surface area contributed by atoms with Crippen LogP contribution in [0.2, 0.25) is 0 Å². The molecule has 0 aromatic heterocycles. The first-order valence-electron chi connectivity index (χ1n) is 6.15. The third kappa shape index (κ3) is 1.97. The highest BCUT2D eigenvalue weighted by atomic mass is 31.2. The molecular formula is C11H24N3OP. The maximum Gasteiger partial charge on any atom is 0.285 e. The summed E-state index contributed by atoms with van der Waals surface area (Å²) in [6.45, 7) is 13.4. The smallest absolute Gasteiger partial charge is 0.270 e. The van der Waals surface area contributed by atoms with Gasteiger partial charge in [-0.3, -0.25) is 4.57 Å². The molecule has 0 spiro atoms. The van der Waals surface area contributed by atoms with E-state index in [1.807, 2.05) is 0 Å². The molecule has 5 heteroatoms. The molecule has 2 aliphatic heterocycles. The Labute approximate surface area is 98.9 Å². The molecule has 0 saturated carbocycles. The van der Waals surface area contributed by atoms with E-state index >= 15 is 0 Å². The highest BCUT2D eigenvalue weighted by Gasteiger charge is 2.63. The van der Waals surface area contributed by atoms with Gasteiger partial charge in [0.15, 0.2) is 0 Å². The summed E-state index contributed by atoms with van der Waals surface area (Å²) in [5.41, 5.74) is 0.212. The quantitative estimate of drug-likeness (QED) is 0.595. The number of hydrogen-bond acceptors (Lipinski definition) is 1. The van der Waals surface area contributed by atoms with Gasteiger partial charge in [-0.1, -0.05) is 6.92 Å². The van der Waals surface area contributed by atoms with Crippen LogP contribution in [0, 0.1) is 0 Å². The van der Waals surface area contributed by atoms with Gasteiger partial charge in [0.2, 0.25) is 0 Å². The van der Waals surface area contributed by atoms with E-state index in [0.717, 1.165) is 26.1 Å². The average Bonchev–Trinajstić information content (AvgIpc) is 2.99. The van der Waals surface area contributed by atoms with Crippen LogP contribution in [-0.2, 0) is 4.57 Å². The van der Waals surface area contributed by atoms with E-state index in [-0.39, 0.29) is 11.1 Å². The summed E-state index contributed by atoms with van der Waals surface area (Å²) in [5.74, 6) is 0. The molecule has 2 fully saturated rings. The second kappa shape index (κ2) is 3.55. The molecule has 0 bridgehead atoms. The predicted octanol–water partition coefficient (Wildman–Crippen LogP) is 2.28. The molecule has 0 amide bonds. The van der Waals surface area contributed by atoms with Crippen molar-refractivity contribution < 1.29 is 4.57 Å². The largest absolute Gasteiger partial charge is 0.285 e. The van der Waals surface area contributed by atoms with E-state index in [2.05, 4.69) is 49.0 Å². The molecule has 2 saturated heterocycles. The molecular weight excluding hydrogens is 221 g/mol. The molecule has 0 aliphatic carbocycles. The first-order valence-corrected chi connectivity index (χ1v) is 7.77. The van der Waals surface area contributed by atoms with Gasteiger partial charge in [-0.2, -0.15) is 0 Å². The van der Waals surface area contributed by atoms with Crippen LogP contribution in [0.1, 0.15) is 41.0 Å². The Morgan fingerprint density at radius 3 is 1.75 bits per heavy atom. The molecule has 2 aliphatic rings. The fourth-order valence-corrected chi connectivity index (χ4v) is 5.81. The lowest BCUT2D eigenvalue weighted by Crippen LogP contribution is -2.27. The summed E-state index contributed by atoms with van der Waals surface area (Å²) in [7, 11) is -2.48. The van der Waals surface area contributed by atoms with Crippen molar-refractivity contribution in [2.75, 3.05) is 19.6 Å². The van der Waals surface area contributed by atoms with Gasteiger partial charge in [0.05, 0.1) is 0 Å². The number of nitrogens with one attached hydrogen (secondary N) is 1. The standard InChI is InChI=1S/C11H24N3OP/c1-6-7-12-16(15,13-8-10(13,2)3)14-9-11(14,4)5/h6-9H2,1-5H3,(H,12,15). The summed E-state index contributed by atoms with van der Waals surface area (Å²) in [4.78, 5) is 0. The Balaban J connectivity index is 2.12. The zero-order valence-corrected chi connectivity index (χ0v) is 12.0. The van der Waals surface area contributed by atoms with Crippen molar-refractivity contribution in [3.63, 3.8) is 0 Å². The molecule has 4 nitrogen and oxygen atoms in total. The SMILES string of the molecule is CCCNP(=O)(N1CC1(C)C)N1CC1(C)C. The van der Waals surface area contributed by atoms with Crippen molar-refractivity contribution in [1.82, 2.24) is 14.4 Å². The Morgan fingerprint density at radius 2 is 1.50 bits per heavy atom. The molecule has 2 rings (SSSR count). The molecule has 94 valence electrons. The van der Waals surface area contributed by atoms with Gasteiger partial charge in [0, 0.05) is 30.7 Å². The summed E-state index contributed by atoms with van der Waals surface area (Å²) >= 11 is 0. The minimum absolute atomic E-state index is 0.106. The van der Waals surface area contributed by atoms with Gasteiger partial charge < -0.3 is 0 Å². The molecule has 0 aromatic carbocycles. The van der Waals surface area contributed by atoms with Gasteiger partial charge in [-0.25, -0.2) is 14.4 Å². The maximum absolute atomic E-state index is 13.1. The third-order valence-electron chi connectivity index (χ3n) is 3.49. The lowest BCUT2D eigenvalue weighted by molar-refractivity contribution is 0.455. The van der Waals surface area contributed by atoms with Crippen LogP contribution in [0.15, 0.2) is 0 Å². The Kier molecular flexibility index (Phi) is 2.79. The normalized spacial score (nSPS) is 37.8. The minimum atomic E-state index is -2.48. The summed E-state index contributed by atoms with van der Waals surface area (Å²) < 4.78 is 17.3. The van der Waals surface area contributed by atoms with Crippen molar-refractivity contribution in [2.45, 2.75) is 52.1 Å². The highest BCUT2D eigenvalue weighted by molar-refractivity contribution is 7.57. The molecule has 0 radical (unpaired) electrons. The van der Waals surface area contributed by atoms with Crippen molar-refractivity contribution in [2.24, 2.45) is 0 Å². The van der Waals surface area contributed by atoms with Crippen LogP contribution < -0.4 is 5.09 Å². The van der Waals surface area contributed by atoms with Gasteiger partial charge in [-0.15, -0.1) is 0 Å². The first kappa shape index (κ1) is 12.6. The first-order chi connectivity index (χ1) is 7.24. The lowest BCUT2D eigenvalue weighted by Gasteiger charge is -2.25. The summed E-state index contributed by atoms with van der Waals surface area (Å²) in [5, 5.41) is 3.29. The summed E-state index contributed by atoms with van der Waals surface area (Å²) in [6.07, 6.45) is 1.02. The van der Waals surface area contributed by atoms with Gasteiger partial charge in [0.25, 0.3) is 7.59 Å². The van der Waals surface area contributed by atoms with E-state index in [0.29, 0.717) is 0 Å². The molecule has 2 atom stereocenters. The Bertz CT molecular complexity index is 314. The molecule has 2 heterocycles. The van der Waals surface area contributed by atoms with E-state index < -0.39 is 7.59 Å². The van der Waals surface area contributed by atoms with Gasteiger partial charge >= 0.3 is 0 Å². The van der Waals surface area contributed by atoms with Crippen LogP contribution in [0.5, 0.6) is 0 Å². The fraction of sp³-hybridized carbons (Fsp3) is 1.00. The second-order valence-electron chi connectivity index (χ2n) is 6.19. The molecule has 1 N–H and O–H groups in total. The second-order valence-corrected chi connectivity index (χ2v) is 8.56. The van der Waals surface area contributed by atoms with Gasteiger partial charge in [0.1, 0.15) is 0 Å². The average molecular weight is 245 g/mol. The van der Waals surface area contributed by atoms with E-state index in [4.69, 9.17) is 0 Å². The zero-order valence-electron chi connectivity index (χ0n) is 11.1. The van der Waals surface area contributed by atoms with Crippen molar-refractivity contribution in [1.29, 1.82) is 0 Å². The Morgan fingerprint density at radius 1 is 1.12 bits per heavy atom. The number of rotatable bonds is 5. The highest BCUT2D eigenvalue weighted by Crippen LogP contribution is 2.66. The topological polar surface area (TPSA) is 35.1 Å². The number of hydrogen-bond donors (Lipinski definition) is 1. The van der Waals surface area contributed by atoms with Crippen LogP contribution in [0.3, 0.4) is 0 Å². The van der Waals surface area contributed by atoms with Crippen LogP contribution in [-0.4, -0.2) is 40.1 Å². The Hall–Kier alpha value is 0.110. The van der Waals surface area contributed by atoms with Crippen LogP contribution in [0.25, 0.3) is 0 Å². The fourth-order valence-electron chi connectivity index (χ4n) is 2.15. The molecule has 2 unspecified atom stereocenters. The third-order valence-corrected chi connectivity index (χ3v) is 6.80. The zero-order chi connectivity index (χ0) is 12.2. The maximum atomic E-state index is 13.1. The predicted molar refractivity (Wildman–Crippen MR) is 67.5 cm³/mol. The minimum Gasteiger partial charge on any atom is -0.270 e.